The predicted molar refractivity (Wildman–Crippen MR) is 161 cm³/mol. The first-order chi connectivity index (χ1) is 21.4. The van der Waals surface area contributed by atoms with Crippen LogP contribution >= 0.6 is 0 Å². The smallest absolute Gasteiger partial charge is 0.247 e. The van der Waals surface area contributed by atoms with Crippen molar-refractivity contribution in [2.75, 3.05) is 27.1 Å². The highest BCUT2D eigenvalue weighted by molar-refractivity contribution is 5.96. The zero-order valence-corrected chi connectivity index (χ0v) is 25.3. The van der Waals surface area contributed by atoms with Crippen molar-refractivity contribution in [1.82, 2.24) is 10.2 Å². The highest BCUT2D eigenvalue weighted by atomic mass is 16.7. The van der Waals surface area contributed by atoms with Crippen molar-refractivity contribution < 1.29 is 43.9 Å². The van der Waals surface area contributed by atoms with Crippen LogP contribution in [0, 0.1) is 0 Å². The number of rotatable bonds is 14. The molecule has 2 amide bonds. The summed E-state index contributed by atoms with van der Waals surface area (Å²) >= 11 is 0. The average Bonchev–Trinajstić information content (AvgIpc) is 3.67. The molecule has 0 saturated heterocycles. The first-order valence-electron chi connectivity index (χ1n) is 15.3. The summed E-state index contributed by atoms with van der Waals surface area (Å²) in [6.07, 6.45) is 4.72. The van der Waals surface area contributed by atoms with Crippen LogP contribution in [0.15, 0.2) is 42.0 Å². The SMILES string of the molecule is CCCCCCCC(=O)N(Cc1ccc2c(c1)OCO2)C1C=C(C(=O)NCCO)C2c3cc(CO)cc(OC)c3OC2C1O. The van der Waals surface area contributed by atoms with Gasteiger partial charge in [-0.25, -0.2) is 0 Å². The van der Waals surface area contributed by atoms with Gasteiger partial charge in [0.15, 0.2) is 23.0 Å². The predicted octanol–water partition coefficient (Wildman–Crippen LogP) is 2.93. The van der Waals surface area contributed by atoms with Crippen molar-refractivity contribution in [1.29, 1.82) is 0 Å². The van der Waals surface area contributed by atoms with E-state index in [1.807, 2.05) is 12.1 Å². The zero-order valence-electron chi connectivity index (χ0n) is 25.3. The first-order valence-corrected chi connectivity index (χ1v) is 15.3. The Morgan fingerprint density at radius 1 is 1.05 bits per heavy atom. The normalized spacial score (nSPS) is 21.2. The molecule has 0 saturated carbocycles. The summed E-state index contributed by atoms with van der Waals surface area (Å²) in [7, 11) is 1.48. The number of carbonyl (C=O) groups is 2. The summed E-state index contributed by atoms with van der Waals surface area (Å²) in [4.78, 5) is 29.1. The molecule has 2 heterocycles. The van der Waals surface area contributed by atoms with E-state index in [1.54, 1.807) is 29.2 Å². The van der Waals surface area contributed by atoms with E-state index >= 15 is 0 Å². The Labute approximate surface area is 257 Å². The molecule has 0 aromatic heterocycles. The van der Waals surface area contributed by atoms with Gasteiger partial charge in [0.25, 0.3) is 0 Å². The van der Waals surface area contributed by atoms with Gasteiger partial charge in [-0.3, -0.25) is 9.59 Å². The molecule has 4 N–H and O–H groups in total. The van der Waals surface area contributed by atoms with Crippen molar-refractivity contribution in [3.8, 4) is 23.0 Å². The Balaban J connectivity index is 1.52. The Hall–Kier alpha value is -3.80. The van der Waals surface area contributed by atoms with Gasteiger partial charge >= 0.3 is 0 Å². The second kappa shape index (κ2) is 14.3. The summed E-state index contributed by atoms with van der Waals surface area (Å²) in [5.41, 5.74) is 2.26. The van der Waals surface area contributed by atoms with Gasteiger partial charge in [-0.2, -0.15) is 0 Å². The lowest BCUT2D eigenvalue weighted by atomic mass is 9.77. The van der Waals surface area contributed by atoms with Gasteiger partial charge in [-0.1, -0.05) is 38.7 Å². The Morgan fingerprint density at radius 3 is 2.59 bits per heavy atom. The van der Waals surface area contributed by atoms with Gasteiger partial charge in [0.05, 0.1) is 32.3 Å². The molecule has 0 radical (unpaired) electrons. The van der Waals surface area contributed by atoms with Crippen molar-refractivity contribution in [3.63, 3.8) is 0 Å². The number of benzene rings is 2. The molecule has 11 nitrogen and oxygen atoms in total. The van der Waals surface area contributed by atoms with E-state index in [0.29, 0.717) is 52.5 Å². The molecule has 2 aromatic carbocycles. The minimum Gasteiger partial charge on any atom is -0.493 e. The van der Waals surface area contributed by atoms with Crippen LogP contribution in [-0.4, -0.2) is 77.3 Å². The fourth-order valence-electron chi connectivity index (χ4n) is 6.24. The number of aliphatic hydroxyl groups excluding tert-OH is 3. The number of carbonyl (C=O) groups excluding carboxylic acids is 2. The molecule has 0 bridgehead atoms. The van der Waals surface area contributed by atoms with Crippen LogP contribution in [0.2, 0.25) is 0 Å². The maximum atomic E-state index is 13.9. The summed E-state index contributed by atoms with van der Waals surface area (Å²) in [6, 6.07) is 7.98. The average molecular weight is 611 g/mol. The molecule has 4 unspecified atom stereocenters. The number of unbranched alkanes of at least 4 members (excludes halogenated alkanes) is 4. The topological polar surface area (TPSA) is 147 Å². The minimum atomic E-state index is -1.19. The minimum absolute atomic E-state index is 0.0338. The van der Waals surface area contributed by atoms with E-state index in [2.05, 4.69) is 12.2 Å². The van der Waals surface area contributed by atoms with Crippen LogP contribution in [0.25, 0.3) is 0 Å². The highest BCUT2D eigenvalue weighted by Gasteiger charge is 2.51. The maximum absolute atomic E-state index is 13.9. The van der Waals surface area contributed by atoms with Crippen molar-refractivity contribution >= 4 is 11.8 Å². The number of amides is 2. The highest BCUT2D eigenvalue weighted by Crippen LogP contribution is 2.51. The summed E-state index contributed by atoms with van der Waals surface area (Å²) in [6.45, 7) is 1.96. The van der Waals surface area contributed by atoms with Crippen LogP contribution in [0.1, 0.15) is 68.1 Å². The van der Waals surface area contributed by atoms with Crippen LogP contribution in [-0.2, 0) is 22.7 Å². The van der Waals surface area contributed by atoms with Gasteiger partial charge < -0.3 is 44.5 Å². The van der Waals surface area contributed by atoms with Crippen molar-refractivity contribution in [3.05, 3.63) is 58.7 Å². The summed E-state index contributed by atoms with van der Waals surface area (Å²) in [5.74, 6) is 0.685. The van der Waals surface area contributed by atoms with E-state index < -0.39 is 30.1 Å². The van der Waals surface area contributed by atoms with Crippen LogP contribution in [0.3, 0.4) is 0 Å². The molecular weight excluding hydrogens is 568 g/mol. The molecule has 3 aliphatic rings. The van der Waals surface area contributed by atoms with Crippen LogP contribution in [0.4, 0.5) is 0 Å². The molecule has 11 heteroatoms. The number of aliphatic hydroxyl groups is 3. The molecule has 0 spiro atoms. The number of hydrogen-bond donors (Lipinski definition) is 4. The second-order valence-electron chi connectivity index (χ2n) is 11.4. The molecule has 1 aliphatic carbocycles. The molecule has 2 aromatic rings. The zero-order chi connectivity index (χ0) is 31.2. The van der Waals surface area contributed by atoms with E-state index in [-0.39, 0.29) is 39.0 Å². The van der Waals surface area contributed by atoms with Gasteiger partial charge in [-0.15, -0.1) is 0 Å². The summed E-state index contributed by atoms with van der Waals surface area (Å²) in [5, 5.41) is 33.9. The van der Waals surface area contributed by atoms with Gasteiger partial charge in [0.1, 0.15) is 12.2 Å². The Kier molecular flexibility index (Phi) is 10.3. The van der Waals surface area contributed by atoms with E-state index in [9.17, 15) is 24.9 Å². The number of nitrogens with zero attached hydrogens (tertiary/aromatic N) is 1. The second-order valence-corrected chi connectivity index (χ2v) is 11.4. The van der Waals surface area contributed by atoms with Gasteiger partial charge in [0.2, 0.25) is 18.6 Å². The van der Waals surface area contributed by atoms with E-state index in [1.165, 1.54) is 7.11 Å². The van der Waals surface area contributed by atoms with Crippen molar-refractivity contribution in [2.45, 2.75) is 82.8 Å². The third kappa shape index (κ3) is 6.50. The van der Waals surface area contributed by atoms with Gasteiger partial charge in [0, 0.05) is 30.6 Å². The molecule has 238 valence electrons. The quantitative estimate of drug-likeness (QED) is 0.237. The number of ether oxygens (including phenoxy) is 4. The molecular formula is C33H42N2O9. The van der Waals surface area contributed by atoms with Crippen LogP contribution < -0.4 is 24.3 Å². The molecule has 5 rings (SSSR count). The number of hydrogen-bond acceptors (Lipinski definition) is 9. The molecule has 2 aliphatic heterocycles. The Morgan fingerprint density at radius 2 is 1.84 bits per heavy atom. The maximum Gasteiger partial charge on any atom is 0.247 e. The molecule has 44 heavy (non-hydrogen) atoms. The monoisotopic (exact) mass is 610 g/mol. The molecule has 4 atom stereocenters. The lowest BCUT2D eigenvalue weighted by molar-refractivity contribution is -0.138. The largest absolute Gasteiger partial charge is 0.493 e. The van der Waals surface area contributed by atoms with Crippen LogP contribution in [0.5, 0.6) is 23.0 Å². The third-order valence-electron chi connectivity index (χ3n) is 8.46. The lowest BCUT2D eigenvalue weighted by Gasteiger charge is -2.41. The number of methoxy groups -OCH3 is 1. The number of fused-ring (bicyclic) bond motifs is 4. The lowest BCUT2D eigenvalue weighted by Crippen LogP contribution is -2.55. The first kappa shape index (κ1) is 31.6. The molecule has 0 fully saturated rings. The van der Waals surface area contributed by atoms with E-state index in [4.69, 9.17) is 18.9 Å². The number of nitrogens with one attached hydrogen (secondary N) is 1. The van der Waals surface area contributed by atoms with E-state index in [0.717, 1.165) is 31.2 Å². The third-order valence-corrected chi connectivity index (χ3v) is 8.46. The van der Waals surface area contributed by atoms with Crippen molar-refractivity contribution in [2.24, 2.45) is 0 Å². The fourth-order valence-corrected chi connectivity index (χ4v) is 6.24. The fraction of sp³-hybridized carbons (Fsp3) is 0.515. The standard InChI is InChI=1S/C33H42N2O9/c1-3-4-5-6-7-8-28(38)35(17-20-9-10-25-26(14-20)43-19-42-25)24-16-23(33(40)34-11-12-36)29-22-13-21(18-37)15-27(41-2)31(22)44-32(29)30(24)39/h9-10,13-16,24,29-30,32,36-37,39H,3-8,11-12,17-19H2,1-2H3,(H,34,40). The van der Waals surface area contributed by atoms with Gasteiger partial charge in [-0.05, 0) is 47.9 Å². The Bertz CT molecular complexity index is 1380. The summed E-state index contributed by atoms with van der Waals surface area (Å²) < 4.78 is 22.9.